The molecule has 4 heteroatoms. The Labute approximate surface area is 130 Å². The summed E-state index contributed by atoms with van der Waals surface area (Å²) in [5.74, 6) is 1.67. The van der Waals surface area contributed by atoms with Crippen LogP contribution < -0.4 is 10.5 Å². The third-order valence-electron chi connectivity index (χ3n) is 3.59. The third-order valence-corrected chi connectivity index (χ3v) is 3.59. The van der Waals surface area contributed by atoms with E-state index < -0.39 is 0 Å². The van der Waals surface area contributed by atoms with Crippen molar-refractivity contribution < 1.29 is 4.74 Å². The first-order chi connectivity index (χ1) is 10.8. The van der Waals surface area contributed by atoms with Gasteiger partial charge in [0.1, 0.15) is 11.6 Å². The molecule has 3 N–H and O–H groups in total. The van der Waals surface area contributed by atoms with Gasteiger partial charge < -0.3 is 15.5 Å². The van der Waals surface area contributed by atoms with Gasteiger partial charge >= 0.3 is 0 Å². The number of hydrogen-bond acceptors (Lipinski definition) is 3. The van der Waals surface area contributed by atoms with Gasteiger partial charge in [-0.1, -0.05) is 37.3 Å². The molecule has 0 saturated heterocycles. The largest absolute Gasteiger partial charge is 0.494 e. The van der Waals surface area contributed by atoms with Crippen molar-refractivity contribution in [3.05, 3.63) is 59.9 Å². The van der Waals surface area contributed by atoms with Gasteiger partial charge in [-0.05, 0) is 30.5 Å². The molecule has 3 rings (SSSR count). The molecule has 0 aliphatic rings. The van der Waals surface area contributed by atoms with Crippen LogP contribution in [0.5, 0.6) is 5.75 Å². The first kappa shape index (κ1) is 14.6. The van der Waals surface area contributed by atoms with Gasteiger partial charge in [-0.2, -0.15) is 0 Å². The lowest BCUT2D eigenvalue weighted by atomic mass is 10.1. The van der Waals surface area contributed by atoms with Crippen molar-refractivity contribution in [2.24, 2.45) is 5.73 Å². The Morgan fingerprint density at radius 3 is 2.77 bits per heavy atom. The van der Waals surface area contributed by atoms with Crippen LogP contribution in [0.15, 0.2) is 48.5 Å². The minimum Gasteiger partial charge on any atom is -0.494 e. The fourth-order valence-corrected chi connectivity index (χ4v) is 2.46. The van der Waals surface area contributed by atoms with Crippen molar-refractivity contribution in [3.8, 4) is 5.75 Å². The van der Waals surface area contributed by atoms with Gasteiger partial charge in [-0.15, -0.1) is 0 Å². The second kappa shape index (κ2) is 6.62. The number of benzene rings is 2. The zero-order valence-electron chi connectivity index (χ0n) is 12.8. The van der Waals surface area contributed by atoms with E-state index in [0.717, 1.165) is 42.1 Å². The van der Waals surface area contributed by atoms with Gasteiger partial charge in [0.25, 0.3) is 0 Å². The zero-order valence-corrected chi connectivity index (χ0v) is 12.8. The maximum Gasteiger partial charge on any atom is 0.124 e. The first-order valence-corrected chi connectivity index (χ1v) is 7.68. The lowest BCUT2D eigenvalue weighted by Gasteiger charge is -2.08. The summed E-state index contributed by atoms with van der Waals surface area (Å²) < 4.78 is 5.65. The molecule has 1 heterocycles. The number of nitrogens with two attached hydrogens (primary N) is 1. The molecule has 0 fully saturated rings. The Balaban J connectivity index is 1.79. The molecule has 3 aromatic rings. The van der Waals surface area contributed by atoms with Crippen LogP contribution >= 0.6 is 0 Å². The molecule has 1 atom stereocenters. The molecule has 114 valence electrons. The SMILES string of the molecule is CCCOc1ccc2nc(C(N)Cc3ccccc3)[nH]c2c1. The van der Waals surface area contributed by atoms with Gasteiger partial charge in [0.05, 0.1) is 23.7 Å². The molecule has 0 amide bonds. The van der Waals surface area contributed by atoms with E-state index in [-0.39, 0.29) is 6.04 Å². The van der Waals surface area contributed by atoms with E-state index in [9.17, 15) is 0 Å². The van der Waals surface area contributed by atoms with E-state index >= 15 is 0 Å². The summed E-state index contributed by atoms with van der Waals surface area (Å²) in [5, 5.41) is 0. The number of nitrogens with one attached hydrogen (secondary N) is 1. The fraction of sp³-hybridized carbons (Fsp3) is 0.278. The Morgan fingerprint density at radius 2 is 2.00 bits per heavy atom. The normalized spacial score (nSPS) is 12.5. The predicted octanol–water partition coefficient (Wildman–Crippen LogP) is 3.59. The lowest BCUT2D eigenvalue weighted by molar-refractivity contribution is 0.318. The second-order valence-corrected chi connectivity index (χ2v) is 5.45. The number of nitrogens with zero attached hydrogens (tertiary/aromatic N) is 1. The van der Waals surface area contributed by atoms with Crippen molar-refractivity contribution in [1.82, 2.24) is 9.97 Å². The van der Waals surface area contributed by atoms with E-state index in [1.54, 1.807) is 0 Å². The van der Waals surface area contributed by atoms with Crippen LogP contribution in [-0.2, 0) is 6.42 Å². The van der Waals surface area contributed by atoms with Gasteiger partial charge in [-0.25, -0.2) is 4.98 Å². The number of fused-ring (bicyclic) bond motifs is 1. The molecule has 0 aliphatic carbocycles. The summed E-state index contributed by atoms with van der Waals surface area (Å²) in [6.45, 7) is 2.81. The summed E-state index contributed by atoms with van der Waals surface area (Å²) >= 11 is 0. The minimum absolute atomic E-state index is 0.144. The highest BCUT2D eigenvalue weighted by atomic mass is 16.5. The van der Waals surface area contributed by atoms with Crippen LogP contribution in [0.25, 0.3) is 11.0 Å². The highest BCUT2D eigenvalue weighted by Crippen LogP contribution is 2.22. The van der Waals surface area contributed by atoms with Crippen LogP contribution in [0.3, 0.4) is 0 Å². The topological polar surface area (TPSA) is 63.9 Å². The van der Waals surface area contributed by atoms with E-state index in [0.29, 0.717) is 0 Å². The van der Waals surface area contributed by atoms with E-state index in [1.165, 1.54) is 5.56 Å². The average Bonchev–Trinajstić information content (AvgIpc) is 2.97. The zero-order chi connectivity index (χ0) is 15.4. The van der Waals surface area contributed by atoms with Crippen LogP contribution in [-0.4, -0.2) is 16.6 Å². The van der Waals surface area contributed by atoms with Gasteiger partial charge in [-0.3, -0.25) is 0 Å². The predicted molar refractivity (Wildman–Crippen MR) is 89.0 cm³/mol. The van der Waals surface area contributed by atoms with Crippen molar-refractivity contribution in [2.45, 2.75) is 25.8 Å². The van der Waals surface area contributed by atoms with Crippen molar-refractivity contribution >= 4 is 11.0 Å². The van der Waals surface area contributed by atoms with Crippen LogP contribution in [0.2, 0.25) is 0 Å². The highest BCUT2D eigenvalue weighted by Gasteiger charge is 2.12. The molecule has 1 aromatic heterocycles. The number of aromatic amines is 1. The van der Waals surface area contributed by atoms with E-state index in [4.69, 9.17) is 10.5 Å². The maximum absolute atomic E-state index is 6.28. The van der Waals surface area contributed by atoms with Gasteiger partial charge in [0.2, 0.25) is 0 Å². The molecular weight excluding hydrogens is 274 g/mol. The first-order valence-electron chi connectivity index (χ1n) is 7.68. The summed E-state index contributed by atoms with van der Waals surface area (Å²) in [4.78, 5) is 7.91. The molecule has 2 aromatic carbocycles. The minimum atomic E-state index is -0.144. The molecule has 0 aliphatic heterocycles. The maximum atomic E-state index is 6.28. The van der Waals surface area contributed by atoms with Crippen LogP contribution in [0, 0.1) is 0 Å². The number of hydrogen-bond donors (Lipinski definition) is 2. The number of aromatic nitrogens is 2. The third kappa shape index (κ3) is 3.28. The summed E-state index contributed by atoms with van der Waals surface area (Å²) in [6, 6.07) is 16.0. The molecule has 0 spiro atoms. The molecule has 0 radical (unpaired) electrons. The van der Waals surface area contributed by atoms with Crippen molar-refractivity contribution in [3.63, 3.8) is 0 Å². The summed E-state index contributed by atoms with van der Waals surface area (Å²) in [7, 11) is 0. The molecule has 0 bridgehead atoms. The summed E-state index contributed by atoms with van der Waals surface area (Å²) in [5.41, 5.74) is 9.38. The van der Waals surface area contributed by atoms with Crippen LogP contribution in [0.4, 0.5) is 0 Å². The molecule has 1 unspecified atom stereocenters. The monoisotopic (exact) mass is 295 g/mol. The Hall–Kier alpha value is -2.33. The highest BCUT2D eigenvalue weighted by molar-refractivity contribution is 5.76. The molecule has 4 nitrogen and oxygen atoms in total. The fourth-order valence-electron chi connectivity index (χ4n) is 2.46. The number of ether oxygens (including phenoxy) is 1. The number of rotatable bonds is 6. The number of H-pyrrole nitrogens is 1. The summed E-state index contributed by atoms with van der Waals surface area (Å²) in [6.07, 6.45) is 1.76. The molecular formula is C18H21N3O. The molecule has 22 heavy (non-hydrogen) atoms. The lowest BCUT2D eigenvalue weighted by Crippen LogP contribution is -2.14. The Bertz CT molecular complexity index is 736. The van der Waals surface area contributed by atoms with E-state index in [2.05, 4.69) is 29.0 Å². The van der Waals surface area contributed by atoms with Crippen LogP contribution in [0.1, 0.15) is 30.8 Å². The number of imidazole rings is 1. The van der Waals surface area contributed by atoms with Gasteiger partial charge in [0.15, 0.2) is 0 Å². The van der Waals surface area contributed by atoms with Crippen molar-refractivity contribution in [2.75, 3.05) is 6.61 Å². The van der Waals surface area contributed by atoms with Gasteiger partial charge in [0, 0.05) is 6.07 Å². The standard InChI is InChI=1S/C18H21N3O/c1-2-10-22-14-8-9-16-17(12-14)21-18(20-16)15(19)11-13-6-4-3-5-7-13/h3-9,12,15H,2,10-11,19H2,1H3,(H,20,21). The molecule has 0 saturated carbocycles. The second-order valence-electron chi connectivity index (χ2n) is 5.45. The quantitative estimate of drug-likeness (QED) is 0.730. The Kier molecular flexibility index (Phi) is 4.39. The van der Waals surface area contributed by atoms with Crippen molar-refractivity contribution in [1.29, 1.82) is 0 Å². The Morgan fingerprint density at radius 1 is 1.18 bits per heavy atom. The smallest absolute Gasteiger partial charge is 0.124 e. The van der Waals surface area contributed by atoms with E-state index in [1.807, 2.05) is 36.4 Å². The average molecular weight is 295 g/mol.